The molecule has 0 saturated carbocycles. The van der Waals surface area contributed by atoms with Gasteiger partial charge < -0.3 is 9.64 Å². The highest BCUT2D eigenvalue weighted by atomic mass is 32.2. The quantitative estimate of drug-likeness (QED) is 0.593. The van der Waals surface area contributed by atoms with E-state index in [1.165, 1.54) is 10.5 Å². The van der Waals surface area contributed by atoms with Crippen LogP contribution in [0.5, 0.6) is 0 Å². The second-order valence-electron chi connectivity index (χ2n) is 7.20. The smallest absolute Gasteiger partial charge is 0.339 e. The Kier molecular flexibility index (Phi) is 4.96. The monoisotopic (exact) mass is 381 g/mol. The van der Waals surface area contributed by atoms with Gasteiger partial charge in [-0.15, -0.1) is 11.8 Å². The Hall–Kier alpha value is -2.27. The summed E-state index contributed by atoms with van der Waals surface area (Å²) in [6.07, 6.45) is 4.88. The number of benzene rings is 2. The van der Waals surface area contributed by atoms with Crippen LogP contribution >= 0.6 is 11.8 Å². The lowest BCUT2D eigenvalue weighted by atomic mass is 9.85. The zero-order chi connectivity index (χ0) is 18.9. The summed E-state index contributed by atoms with van der Waals surface area (Å²) >= 11 is 1.71. The van der Waals surface area contributed by atoms with Crippen molar-refractivity contribution in [1.29, 1.82) is 0 Å². The average Bonchev–Trinajstić information content (AvgIpc) is 2.98. The standard InChI is InChI=1S/C22H23NO3S/c1-27-17-10-7-16(8-11-17)9-12-20(24)23-14-4-13-22(15-23)19-6-3-2-5-18(19)21(25)26-22/h2-3,5-8,10-11H,4,9,12-15H2,1H3. The lowest BCUT2D eigenvalue weighted by Crippen LogP contribution is -2.48. The molecule has 0 aliphatic carbocycles. The van der Waals surface area contributed by atoms with E-state index in [1.807, 2.05) is 29.2 Å². The van der Waals surface area contributed by atoms with Crippen LogP contribution in [0.15, 0.2) is 53.4 Å². The second kappa shape index (κ2) is 7.39. The van der Waals surface area contributed by atoms with Crippen molar-refractivity contribution in [3.05, 3.63) is 65.2 Å². The largest absolute Gasteiger partial charge is 0.449 e. The van der Waals surface area contributed by atoms with Crippen LogP contribution in [0.4, 0.5) is 0 Å². The van der Waals surface area contributed by atoms with E-state index in [4.69, 9.17) is 4.74 Å². The maximum atomic E-state index is 12.8. The predicted octanol–water partition coefficient (Wildman–Crippen LogP) is 4.03. The summed E-state index contributed by atoms with van der Waals surface area (Å²) < 4.78 is 5.79. The topological polar surface area (TPSA) is 46.6 Å². The van der Waals surface area contributed by atoms with E-state index < -0.39 is 5.60 Å². The van der Waals surface area contributed by atoms with Gasteiger partial charge >= 0.3 is 5.97 Å². The molecule has 2 aromatic carbocycles. The highest BCUT2D eigenvalue weighted by molar-refractivity contribution is 7.98. The lowest BCUT2D eigenvalue weighted by molar-refractivity contribution is -0.138. The van der Waals surface area contributed by atoms with Crippen LogP contribution in [-0.4, -0.2) is 36.1 Å². The van der Waals surface area contributed by atoms with E-state index >= 15 is 0 Å². The molecule has 0 radical (unpaired) electrons. The number of rotatable bonds is 4. The molecule has 1 saturated heterocycles. The molecule has 2 aromatic rings. The van der Waals surface area contributed by atoms with Crippen LogP contribution in [0, 0.1) is 0 Å². The molecule has 1 unspecified atom stereocenters. The minimum absolute atomic E-state index is 0.128. The minimum Gasteiger partial charge on any atom is -0.449 e. The first-order valence-electron chi connectivity index (χ1n) is 9.35. The third-order valence-electron chi connectivity index (χ3n) is 5.52. The number of ether oxygens (including phenoxy) is 1. The van der Waals surface area contributed by atoms with Gasteiger partial charge in [-0.2, -0.15) is 0 Å². The van der Waals surface area contributed by atoms with E-state index in [9.17, 15) is 9.59 Å². The summed E-state index contributed by atoms with van der Waals surface area (Å²) in [6.45, 7) is 1.19. The van der Waals surface area contributed by atoms with Crippen LogP contribution in [-0.2, 0) is 21.6 Å². The van der Waals surface area contributed by atoms with Crippen molar-refractivity contribution in [2.24, 2.45) is 0 Å². The molecule has 140 valence electrons. The van der Waals surface area contributed by atoms with Gasteiger partial charge in [-0.05, 0) is 49.3 Å². The maximum absolute atomic E-state index is 12.8. The summed E-state index contributed by atoms with van der Waals surface area (Å²) in [5, 5.41) is 0. The first-order chi connectivity index (χ1) is 13.1. The van der Waals surface area contributed by atoms with E-state index in [1.54, 1.807) is 11.8 Å². The van der Waals surface area contributed by atoms with Crippen LogP contribution in [0.1, 0.15) is 40.7 Å². The number of amides is 1. The van der Waals surface area contributed by atoms with Crippen molar-refractivity contribution in [3.63, 3.8) is 0 Å². The SMILES string of the molecule is CSc1ccc(CCC(=O)N2CCCC3(C2)OC(=O)c2ccccc23)cc1. The zero-order valence-corrected chi connectivity index (χ0v) is 16.3. The van der Waals surface area contributed by atoms with Gasteiger partial charge in [-0.25, -0.2) is 4.79 Å². The third kappa shape index (κ3) is 3.48. The number of likely N-dealkylation sites (tertiary alicyclic amines) is 1. The van der Waals surface area contributed by atoms with E-state index in [-0.39, 0.29) is 11.9 Å². The van der Waals surface area contributed by atoms with E-state index in [2.05, 4.69) is 30.5 Å². The van der Waals surface area contributed by atoms with E-state index in [0.717, 1.165) is 31.4 Å². The Balaban J connectivity index is 1.44. The number of piperidine rings is 1. The molecule has 4 rings (SSSR count). The molecule has 2 aliphatic heterocycles. The first-order valence-corrected chi connectivity index (χ1v) is 10.6. The Morgan fingerprint density at radius 1 is 1.19 bits per heavy atom. The number of thioether (sulfide) groups is 1. The predicted molar refractivity (Wildman–Crippen MR) is 106 cm³/mol. The fourth-order valence-corrected chi connectivity index (χ4v) is 4.49. The first kappa shape index (κ1) is 18.1. The summed E-state index contributed by atoms with van der Waals surface area (Å²) in [6, 6.07) is 15.9. The highest BCUT2D eigenvalue weighted by Gasteiger charge is 2.48. The maximum Gasteiger partial charge on any atom is 0.339 e. The molecule has 27 heavy (non-hydrogen) atoms. The van der Waals surface area contributed by atoms with Gasteiger partial charge in [0.05, 0.1) is 12.1 Å². The number of fused-ring (bicyclic) bond motifs is 2. The van der Waals surface area contributed by atoms with Crippen LogP contribution in [0.25, 0.3) is 0 Å². The molecule has 0 N–H and O–H groups in total. The average molecular weight is 381 g/mol. The van der Waals surface area contributed by atoms with Crippen LogP contribution in [0.2, 0.25) is 0 Å². The summed E-state index contributed by atoms with van der Waals surface area (Å²) in [4.78, 5) is 28.2. The summed E-state index contributed by atoms with van der Waals surface area (Å²) in [5.41, 5.74) is 2.08. The number of hydrogen-bond acceptors (Lipinski definition) is 4. The van der Waals surface area contributed by atoms with Crippen molar-refractivity contribution in [3.8, 4) is 0 Å². The van der Waals surface area contributed by atoms with E-state index in [0.29, 0.717) is 18.5 Å². The summed E-state index contributed by atoms with van der Waals surface area (Å²) in [7, 11) is 0. The molecule has 0 aromatic heterocycles. The summed E-state index contributed by atoms with van der Waals surface area (Å²) in [5.74, 6) is -0.141. The Morgan fingerprint density at radius 3 is 2.74 bits per heavy atom. The number of hydrogen-bond donors (Lipinski definition) is 0. The molecule has 1 amide bonds. The molecule has 2 heterocycles. The fraction of sp³-hybridized carbons (Fsp3) is 0.364. The number of esters is 1. The van der Waals surface area contributed by atoms with Gasteiger partial charge in [0.1, 0.15) is 0 Å². The van der Waals surface area contributed by atoms with Crippen molar-refractivity contribution < 1.29 is 14.3 Å². The van der Waals surface area contributed by atoms with Crippen molar-refractivity contribution in [2.45, 2.75) is 36.2 Å². The lowest BCUT2D eigenvalue weighted by Gasteiger charge is -2.39. The van der Waals surface area contributed by atoms with Gasteiger partial charge in [0.25, 0.3) is 0 Å². The highest BCUT2D eigenvalue weighted by Crippen LogP contribution is 2.42. The number of nitrogens with zero attached hydrogens (tertiary/aromatic N) is 1. The molecule has 2 aliphatic rings. The Bertz CT molecular complexity index is 864. The van der Waals surface area contributed by atoms with Crippen molar-refractivity contribution in [1.82, 2.24) is 4.90 Å². The molecule has 1 spiro atoms. The number of carbonyl (C=O) groups is 2. The molecule has 1 fully saturated rings. The Morgan fingerprint density at radius 2 is 1.96 bits per heavy atom. The molecule has 4 nitrogen and oxygen atoms in total. The molecule has 1 atom stereocenters. The van der Waals surface area contributed by atoms with Crippen molar-refractivity contribution >= 4 is 23.6 Å². The number of aryl methyl sites for hydroxylation is 1. The molecular weight excluding hydrogens is 358 g/mol. The zero-order valence-electron chi connectivity index (χ0n) is 15.4. The van der Waals surface area contributed by atoms with Crippen molar-refractivity contribution in [2.75, 3.05) is 19.3 Å². The van der Waals surface area contributed by atoms with Gasteiger partial charge in [-0.3, -0.25) is 4.79 Å². The van der Waals surface area contributed by atoms with Gasteiger partial charge in [-0.1, -0.05) is 30.3 Å². The Labute approximate surface area is 163 Å². The number of carbonyl (C=O) groups excluding carboxylic acids is 2. The van der Waals surface area contributed by atoms with Crippen LogP contribution in [0.3, 0.4) is 0 Å². The van der Waals surface area contributed by atoms with Gasteiger partial charge in [0.2, 0.25) is 5.91 Å². The normalized spacial score (nSPS) is 21.2. The third-order valence-corrected chi connectivity index (χ3v) is 6.26. The van der Waals surface area contributed by atoms with Gasteiger partial charge in [0.15, 0.2) is 5.60 Å². The van der Waals surface area contributed by atoms with Gasteiger partial charge in [0, 0.05) is 23.4 Å². The molecule has 0 bridgehead atoms. The minimum atomic E-state index is -0.665. The van der Waals surface area contributed by atoms with Crippen LogP contribution < -0.4 is 0 Å². The molecular formula is C22H23NO3S. The molecule has 5 heteroatoms. The second-order valence-corrected chi connectivity index (χ2v) is 8.08. The fourth-order valence-electron chi connectivity index (χ4n) is 4.09.